The Morgan fingerprint density at radius 2 is 1.86 bits per heavy atom. The Morgan fingerprint density at radius 1 is 1.10 bits per heavy atom. The highest BCUT2D eigenvalue weighted by Crippen LogP contribution is 2.51. The Morgan fingerprint density at radius 3 is 2.62 bits per heavy atom. The number of fused-ring (bicyclic) bond motifs is 4. The lowest BCUT2D eigenvalue weighted by atomic mass is 9.71. The minimum absolute atomic E-state index is 0.0268. The average Bonchev–Trinajstić information content (AvgIpc) is 3.02. The van der Waals surface area contributed by atoms with Crippen molar-refractivity contribution in [1.82, 2.24) is 0 Å². The first-order chi connectivity index (χ1) is 13.7. The van der Waals surface area contributed by atoms with E-state index in [1.165, 1.54) is 18.2 Å². The lowest BCUT2D eigenvalue weighted by molar-refractivity contribution is -0.328. The standard InChI is InChI=1S/C21H20O8/c1-8-6-9(2)28-21(20(8)26)16-15(19-12(29-21)7-13(23)27-19)17(24)10-4-3-5-11(22)14(10)18(16)25/h3-5,8-9,12,19-20,22,26H,6-7H2,1-2H3/t8?,9-,12-,19+,20-,21-/m1/s1. The van der Waals surface area contributed by atoms with Crippen molar-refractivity contribution in [2.75, 3.05) is 0 Å². The van der Waals surface area contributed by atoms with Gasteiger partial charge in [-0.3, -0.25) is 14.4 Å². The predicted octanol–water partition coefficient (Wildman–Crippen LogP) is 1.28. The molecule has 3 heterocycles. The van der Waals surface area contributed by atoms with Crippen LogP contribution in [0.2, 0.25) is 0 Å². The van der Waals surface area contributed by atoms with Crippen molar-refractivity contribution >= 4 is 17.5 Å². The second-order valence-corrected chi connectivity index (χ2v) is 8.17. The first kappa shape index (κ1) is 18.5. The van der Waals surface area contributed by atoms with Gasteiger partial charge in [0.05, 0.1) is 29.2 Å². The molecule has 1 unspecified atom stereocenters. The van der Waals surface area contributed by atoms with Crippen LogP contribution >= 0.6 is 0 Å². The Kier molecular flexibility index (Phi) is 3.81. The van der Waals surface area contributed by atoms with E-state index in [2.05, 4.69) is 0 Å². The van der Waals surface area contributed by atoms with Crippen LogP contribution < -0.4 is 0 Å². The van der Waals surface area contributed by atoms with Crippen molar-refractivity contribution in [2.24, 2.45) is 5.92 Å². The predicted molar refractivity (Wildman–Crippen MR) is 96.2 cm³/mol. The van der Waals surface area contributed by atoms with Gasteiger partial charge in [-0.05, 0) is 25.3 Å². The summed E-state index contributed by atoms with van der Waals surface area (Å²) in [5, 5.41) is 21.4. The molecule has 4 aliphatic rings. The summed E-state index contributed by atoms with van der Waals surface area (Å²) in [4.78, 5) is 38.9. The number of Topliss-reactive ketones (excluding diaryl/α,β-unsaturated/α-hetero) is 2. The van der Waals surface area contributed by atoms with Gasteiger partial charge in [0.1, 0.15) is 18.0 Å². The molecule has 6 atom stereocenters. The fraction of sp³-hybridized carbons (Fsp3) is 0.476. The van der Waals surface area contributed by atoms with Crippen molar-refractivity contribution in [1.29, 1.82) is 0 Å². The zero-order chi connectivity index (χ0) is 20.7. The monoisotopic (exact) mass is 400 g/mol. The van der Waals surface area contributed by atoms with E-state index in [-0.39, 0.29) is 46.5 Å². The number of aliphatic hydroxyl groups excluding tert-OH is 1. The van der Waals surface area contributed by atoms with Crippen molar-refractivity contribution in [3.8, 4) is 5.75 Å². The maximum Gasteiger partial charge on any atom is 0.309 e. The molecule has 3 aliphatic heterocycles. The second kappa shape index (κ2) is 5.98. The highest BCUT2D eigenvalue weighted by atomic mass is 16.7. The summed E-state index contributed by atoms with van der Waals surface area (Å²) < 4.78 is 17.4. The molecule has 0 aromatic heterocycles. The molecular formula is C21H20O8. The van der Waals surface area contributed by atoms with Crippen molar-refractivity contribution in [3.63, 3.8) is 0 Å². The van der Waals surface area contributed by atoms with E-state index < -0.39 is 41.6 Å². The third-order valence-electron chi connectivity index (χ3n) is 6.19. The van der Waals surface area contributed by atoms with Crippen LogP contribution in [0, 0.1) is 5.92 Å². The number of carbonyl (C=O) groups excluding carboxylic acids is 3. The number of aliphatic hydroxyl groups is 1. The summed E-state index contributed by atoms with van der Waals surface area (Å²) in [6.45, 7) is 3.59. The van der Waals surface area contributed by atoms with Gasteiger partial charge >= 0.3 is 5.97 Å². The summed E-state index contributed by atoms with van der Waals surface area (Å²) in [5.74, 6) is -4.32. The van der Waals surface area contributed by atoms with Gasteiger partial charge in [-0.25, -0.2) is 0 Å². The van der Waals surface area contributed by atoms with Crippen molar-refractivity contribution < 1.29 is 38.8 Å². The largest absolute Gasteiger partial charge is 0.507 e. The molecular weight excluding hydrogens is 380 g/mol. The van der Waals surface area contributed by atoms with Crippen LogP contribution in [-0.4, -0.2) is 58.0 Å². The summed E-state index contributed by atoms with van der Waals surface area (Å²) in [6.07, 6.45) is -3.11. The number of phenols is 1. The highest BCUT2D eigenvalue weighted by molar-refractivity contribution is 6.29. The van der Waals surface area contributed by atoms with Gasteiger partial charge in [0.25, 0.3) is 0 Å². The number of hydrogen-bond acceptors (Lipinski definition) is 8. The van der Waals surface area contributed by atoms with Crippen LogP contribution in [0.4, 0.5) is 0 Å². The normalized spacial score (nSPS) is 38.6. The maximum absolute atomic E-state index is 13.5. The van der Waals surface area contributed by atoms with Crippen molar-refractivity contribution in [2.45, 2.75) is 56.9 Å². The second-order valence-electron chi connectivity index (χ2n) is 8.17. The first-order valence-corrected chi connectivity index (χ1v) is 9.63. The molecule has 2 saturated heterocycles. The van der Waals surface area contributed by atoms with Crippen LogP contribution in [0.15, 0.2) is 29.3 Å². The van der Waals surface area contributed by atoms with E-state index in [0.717, 1.165) is 0 Å². The fourth-order valence-electron chi connectivity index (χ4n) is 5.01. The number of aromatic hydroxyl groups is 1. The Bertz CT molecular complexity index is 994. The molecule has 0 radical (unpaired) electrons. The smallest absolute Gasteiger partial charge is 0.309 e. The number of esters is 1. The van der Waals surface area contributed by atoms with Crippen molar-refractivity contribution in [3.05, 3.63) is 40.5 Å². The summed E-state index contributed by atoms with van der Waals surface area (Å²) in [5.41, 5.74) is -0.350. The van der Waals surface area contributed by atoms with Crippen LogP contribution in [0.5, 0.6) is 5.75 Å². The lowest BCUT2D eigenvalue weighted by Crippen LogP contribution is -2.64. The van der Waals surface area contributed by atoms with Crippen LogP contribution in [0.25, 0.3) is 0 Å². The molecule has 8 nitrogen and oxygen atoms in total. The topological polar surface area (TPSA) is 119 Å². The van der Waals surface area contributed by atoms with Gasteiger partial charge in [-0.2, -0.15) is 0 Å². The average molecular weight is 400 g/mol. The van der Waals surface area contributed by atoms with E-state index in [9.17, 15) is 24.6 Å². The van der Waals surface area contributed by atoms with Gasteiger partial charge in [0.2, 0.25) is 5.79 Å². The zero-order valence-corrected chi connectivity index (χ0v) is 15.9. The number of hydrogen-bond donors (Lipinski definition) is 2. The summed E-state index contributed by atoms with van der Waals surface area (Å²) >= 11 is 0. The molecule has 8 heteroatoms. The maximum atomic E-state index is 13.5. The number of ether oxygens (including phenoxy) is 3. The molecule has 1 aromatic rings. The Labute approximate surface area is 166 Å². The third-order valence-corrected chi connectivity index (χ3v) is 6.19. The molecule has 1 spiro atoms. The molecule has 152 valence electrons. The SMILES string of the molecule is CC1C[C@@H](C)O[C@]2(O[C@@H]3CC(=O)O[C@@H]3C3=C2C(=O)c2c(O)cccc2C3=O)[C@@H]1O. The third kappa shape index (κ3) is 2.33. The first-order valence-electron chi connectivity index (χ1n) is 9.63. The highest BCUT2D eigenvalue weighted by Gasteiger charge is 2.63. The fourth-order valence-corrected chi connectivity index (χ4v) is 5.01. The molecule has 5 rings (SSSR count). The van der Waals surface area contributed by atoms with Gasteiger partial charge in [0.15, 0.2) is 17.7 Å². The number of benzene rings is 1. The molecule has 2 N–H and O–H groups in total. The number of phenolic OH excluding ortho intramolecular Hbond substituents is 1. The summed E-state index contributed by atoms with van der Waals surface area (Å²) in [7, 11) is 0. The zero-order valence-electron chi connectivity index (χ0n) is 15.9. The van der Waals surface area contributed by atoms with Gasteiger partial charge < -0.3 is 24.4 Å². The van der Waals surface area contributed by atoms with Crippen LogP contribution in [0.3, 0.4) is 0 Å². The van der Waals surface area contributed by atoms with Gasteiger partial charge in [-0.1, -0.05) is 19.1 Å². The Balaban J connectivity index is 1.80. The number of carbonyl (C=O) groups is 3. The minimum Gasteiger partial charge on any atom is -0.507 e. The number of ketones is 2. The van der Waals surface area contributed by atoms with E-state index >= 15 is 0 Å². The molecule has 1 aromatic carbocycles. The van der Waals surface area contributed by atoms with E-state index in [4.69, 9.17) is 14.2 Å². The minimum atomic E-state index is -1.91. The molecule has 0 saturated carbocycles. The summed E-state index contributed by atoms with van der Waals surface area (Å²) in [6, 6.07) is 4.22. The van der Waals surface area contributed by atoms with Gasteiger partial charge in [0, 0.05) is 5.56 Å². The van der Waals surface area contributed by atoms with E-state index in [1.54, 1.807) is 13.8 Å². The van der Waals surface area contributed by atoms with Gasteiger partial charge in [-0.15, -0.1) is 0 Å². The molecule has 0 bridgehead atoms. The lowest BCUT2D eigenvalue weighted by Gasteiger charge is -2.51. The van der Waals surface area contributed by atoms with E-state index in [0.29, 0.717) is 6.42 Å². The van der Waals surface area contributed by atoms with Crippen LogP contribution in [0.1, 0.15) is 47.4 Å². The quantitative estimate of drug-likeness (QED) is 0.625. The van der Waals surface area contributed by atoms with Crippen LogP contribution in [-0.2, 0) is 19.0 Å². The molecule has 2 fully saturated rings. The number of rotatable bonds is 0. The Hall–Kier alpha value is -2.55. The molecule has 0 amide bonds. The molecule has 29 heavy (non-hydrogen) atoms. The van der Waals surface area contributed by atoms with E-state index in [1.807, 2.05) is 0 Å². The molecule has 1 aliphatic carbocycles.